The molecule has 0 spiro atoms. The molecule has 2 N–H and O–H groups in total. The highest BCUT2D eigenvalue weighted by Crippen LogP contribution is 2.21. The molecule has 0 aromatic rings. The van der Waals surface area contributed by atoms with Crippen molar-refractivity contribution >= 4 is 15.9 Å². The zero-order chi connectivity index (χ0) is 18.1. The van der Waals surface area contributed by atoms with Gasteiger partial charge in [-0.05, 0) is 32.1 Å². The van der Waals surface area contributed by atoms with Crippen LogP contribution in [0.1, 0.15) is 71.1 Å². The van der Waals surface area contributed by atoms with Crippen LogP contribution in [0.3, 0.4) is 0 Å². The van der Waals surface area contributed by atoms with Gasteiger partial charge in [-0.25, -0.2) is 8.42 Å². The minimum absolute atomic E-state index is 0.125. The third kappa shape index (κ3) is 6.53. The molecular weight excluding hydrogens is 338 g/mol. The highest BCUT2D eigenvalue weighted by molar-refractivity contribution is 7.89. The lowest BCUT2D eigenvalue weighted by atomic mass is 10.0. The van der Waals surface area contributed by atoms with E-state index >= 15 is 0 Å². The fourth-order valence-corrected chi connectivity index (χ4v) is 5.69. The van der Waals surface area contributed by atoms with Gasteiger partial charge in [0.25, 0.3) is 0 Å². The first-order valence-electron chi connectivity index (χ1n) is 10.0. The van der Waals surface area contributed by atoms with Gasteiger partial charge in [0.1, 0.15) is 6.04 Å². The van der Waals surface area contributed by atoms with Crippen molar-refractivity contribution in [3.8, 4) is 0 Å². The lowest BCUT2D eigenvalue weighted by molar-refractivity contribution is -0.125. The summed E-state index contributed by atoms with van der Waals surface area (Å²) >= 11 is 0. The van der Waals surface area contributed by atoms with Crippen LogP contribution in [0, 0.1) is 0 Å². The molecule has 6 nitrogen and oxygen atoms in total. The number of carbonyl (C=O) groups is 1. The number of nitrogens with zero attached hydrogens (tertiary/aromatic N) is 1. The molecule has 1 unspecified atom stereocenters. The van der Waals surface area contributed by atoms with Crippen LogP contribution in [-0.2, 0) is 14.8 Å². The van der Waals surface area contributed by atoms with Crippen molar-refractivity contribution in [2.24, 2.45) is 0 Å². The average molecular weight is 374 g/mol. The van der Waals surface area contributed by atoms with E-state index in [1.165, 1.54) is 42.8 Å². The molecule has 0 aromatic heterocycles. The zero-order valence-electron chi connectivity index (χ0n) is 15.6. The second-order valence-corrected chi connectivity index (χ2v) is 9.41. The summed E-state index contributed by atoms with van der Waals surface area (Å²) in [7, 11) is -3.32. The van der Waals surface area contributed by atoms with Gasteiger partial charge in [0.15, 0.2) is 0 Å². The number of carbonyl (C=O) groups excluding carboxylic acids is 1. The molecule has 1 saturated heterocycles. The third-order valence-electron chi connectivity index (χ3n) is 5.29. The van der Waals surface area contributed by atoms with E-state index in [0.717, 1.165) is 19.4 Å². The fourth-order valence-electron chi connectivity index (χ4n) is 3.94. The smallest absolute Gasteiger partial charge is 0.238 e. The normalized spacial score (nSPS) is 24.0. The second-order valence-electron chi connectivity index (χ2n) is 7.37. The number of hydrogen-bond acceptors (Lipinski definition) is 4. The Kier molecular flexibility index (Phi) is 8.66. The van der Waals surface area contributed by atoms with Crippen molar-refractivity contribution in [1.29, 1.82) is 0 Å². The lowest BCUT2D eigenvalue weighted by Gasteiger charge is -2.33. The van der Waals surface area contributed by atoms with Crippen LogP contribution >= 0.6 is 0 Å². The van der Waals surface area contributed by atoms with Crippen LogP contribution in [0.15, 0.2) is 0 Å². The molecule has 1 amide bonds. The molecule has 1 saturated carbocycles. The van der Waals surface area contributed by atoms with Crippen molar-refractivity contribution in [2.45, 2.75) is 83.2 Å². The minimum Gasteiger partial charge on any atom is -0.353 e. The van der Waals surface area contributed by atoms with E-state index in [0.29, 0.717) is 32.0 Å². The molecule has 25 heavy (non-hydrogen) atoms. The molecular formula is C18H35N3O3S. The summed E-state index contributed by atoms with van der Waals surface area (Å²) in [5.74, 6) is -0.0120. The number of sulfonamides is 1. The van der Waals surface area contributed by atoms with Gasteiger partial charge in [0.05, 0.1) is 5.75 Å². The van der Waals surface area contributed by atoms with Gasteiger partial charge in [-0.15, -0.1) is 0 Å². The number of amides is 1. The summed E-state index contributed by atoms with van der Waals surface area (Å²) in [6.45, 7) is 3.65. The standard InChI is InChI=1S/C18H35N3O3S/c1-2-15-25(23,24)21-14-8-7-11-17(21)18(22)20-13-12-19-16-9-5-3-4-6-10-16/h16-17,19H,2-15H2,1H3,(H,20,22). The number of rotatable bonds is 8. The minimum atomic E-state index is -3.32. The molecule has 2 aliphatic rings. The quantitative estimate of drug-likeness (QED) is 0.504. The molecule has 146 valence electrons. The molecule has 2 rings (SSSR count). The fraction of sp³-hybridized carbons (Fsp3) is 0.944. The van der Waals surface area contributed by atoms with Gasteiger partial charge < -0.3 is 10.6 Å². The first-order valence-corrected chi connectivity index (χ1v) is 11.7. The summed E-state index contributed by atoms with van der Waals surface area (Å²) in [6, 6.07) is 0.0405. The molecule has 1 heterocycles. The van der Waals surface area contributed by atoms with Crippen molar-refractivity contribution in [3.05, 3.63) is 0 Å². The van der Waals surface area contributed by atoms with E-state index < -0.39 is 16.1 Å². The average Bonchev–Trinajstić information content (AvgIpc) is 2.87. The molecule has 2 fully saturated rings. The molecule has 0 aromatic carbocycles. The SMILES string of the molecule is CCCS(=O)(=O)N1CCCCC1C(=O)NCCNC1CCCCCC1. The van der Waals surface area contributed by atoms with E-state index in [1.54, 1.807) is 0 Å². The van der Waals surface area contributed by atoms with Crippen LogP contribution in [0.4, 0.5) is 0 Å². The van der Waals surface area contributed by atoms with Gasteiger partial charge in [-0.3, -0.25) is 4.79 Å². The Bertz CT molecular complexity index is 502. The Morgan fingerprint density at radius 3 is 2.36 bits per heavy atom. The van der Waals surface area contributed by atoms with Crippen LogP contribution in [0.2, 0.25) is 0 Å². The predicted molar refractivity (Wildman–Crippen MR) is 101 cm³/mol. The number of nitrogens with one attached hydrogen (secondary N) is 2. The number of hydrogen-bond donors (Lipinski definition) is 2. The molecule has 0 radical (unpaired) electrons. The van der Waals surface area contributed by atoms with Gasteiger partial charge in [0.2, 0.25) is 15.9 Å². The maximum absolute atomic E-state index is 12.5. The van der Waals surface area contributed by atoms with E-state index in [9.17, 15) is 13.2 Å². The van der Waals surface area contributed by atoms with Crippen molar-refractivity contribution in [1.82, 2.24) is 14.9 Å². The van der Waals surface area contributed by atoms with E-state index in [1.807, 2.05) is 6.92 Å². The van der Waals surface area contributed by atoms with Crippen molar-refractivity contribution in [2.75, 3.05) is 25.4 Å². The Labute approximate surface area is 153 Å². The van der Waals surface area contributed by atoms with Crippen LogP contribution < -0.4 is 10.6 Å². The highest BCUT2D eigenvalue weighted by Gasteiger charge is 2.35. The topological polar surface area (TPSA) is 78.5 Å². The Balaban J connectivity index is 1.77. The summed E-state index contributed by atoms with van der Waals surface area (Å²) in [4.78, 5) is 12.5. The van der Waals surface area contributed by atoms with Crippen LogP contribution in [-0.4, -0.2) is 56.1 Å². The largest absolute Gasteiger partial charge is 0.353 e. The van der Waals surface area contributed by atoms with Gasteiger partial charge >= 0.3 is 0 Å². The summed E-state index contributed by atoms with van der Waals surface area (Å²) < 4.78 is 26.2. The lowest BCUT2D eigenvalue weighted by Crippen LogP contribution is -2.53. The van der Waals surface area contributed by atoms with Crippen molar-refractivity contribution in [3.63, 3.8) is 0 Å². The van der Waals surface area contributed by atoms with Crippen molar-refractivity contribution < 1.29 is 13.2 Å². The molecule has 7 heteroatoms. The van der Waals surface area contributed by atoms with Crippen LogP contribution in [0.25, 0.3) is 0 Å². The Morgan fingerprint density at radius 1 is 1.00 bits per heavy atom. The van der Waals surface area contributed by atoms with Crippen LogP contribution in [0.5, 0.6) is 0 Å². The summed E-state index contributed by atoms with van der Waals surface area (Å²) in [5.41, 5.74) is 0. The molecule has 0 bridgehead atoms. The number of piperidine rings is 1. The van der Waals surface area contributed by atoms with Gasteiger partial charge in [-0.1, -0.05) is 39.0 Å². The van der Waals surface area contributed by atoms with E-state index in [-0.39, 0.29) is 11.7 Å². The summed E-state index contributed by atoms with van der Waals surface area (Å²) in [5, 5.41) is 6.48. The predicted octanol–water partition coefficient (Wildman–Crippen LogP) is 2.01. The third-order valence-corrected chi connectivity index (χ3v) is 7.36. The second kappa shape index (κ2) is 10.5. The molecule has 1 aliphatic heterocycles. The Hall–Kier alpha value is -0.660. The summed E-state index contributed by atoms with van der Waals surface area (Å²) in [6.07, 6.45) is 10.7. The first-order chi connectivity index (χ1) is 12.0. The van der Waals surface area contributed by atoms with E-state index in [2.05, 4.69) is 10.6 Å². The molecule has 1 aliphatic carbocycles. The molecule has 1 atom stereocenters. The first kappa shape index (κ1) is 20.6. The van der Waals surface area contributed by atoms with E-state index in [4.69, 9.17) is 0 Å². The van der Waals surface area contributed by atoms with Gasteiger partial charge in [0, 0.05) is 25.7 Å². The Morgan fingerprint density at radius 2 is 1.68 bits per heavy atom. The monoisotopic (exact) mass is 373 g/mol. The zero-order valence-corrected chi connectivity index (χ0v) is 16.5. The maximum Gasteiger partial charge on any atom is 0.238 e. The highest BCUT2D eigenvalue weighted by atomic mass is 32.2. The van der Waals surface area contributed by atoms with Gasteiger partial charge in [-0.2, -0.15) is 4.31 Å². The maximum atomic E-state index is 12.5.